The van der Waals surface area contributed by atoms with E-state index in [4.69, 9.17) is 5.73 Å². The molecule has 0 heterocycles. The summed E-state index contributed by atoms with van der Waals surface area (Å²) in [6.45, 7) is 0. The van der Waals surface area contributed by atoms with E-state index in [1.165, 1.54) is 0 Å². The lowest BCUT2D eigenvalue weighted by Gasteiger charge is -2.24. The van der Waals surface area contributed by atoms with Gasteiger partial charge in [0.2, 0.25) is 0 Å². The normalized spacial score (nSPS) is 50.1. The summed E-state index contributed by atoms with van der Waals surface area (Å²) in [4.78, 5) is 0. The van der Waals surface area contributed by atoms with Crippen molar-refractivity contribution in [3.8, 4) is 0 Å². The van der Waals surface area contributed by atoms with Crippen molar-refractivity contribution >= 4 is 0 Å². The van der Waals surface area contributed by atoms with Crippen LogP contribution in [0.1, 0.15) is 19.3 Å². The number of hydrogen-bond donors (Lipinski definition) is 1. The van der Waals surface area contributed by atoms with E-state index in [0.717, 1.165) is 0 Å². The predicted octanol–water partition coefficient (Wildman–Crippen LogP) is 1.38. The van der Waals surface area contributed by atoms with Crippen LogP contribution in [-0.2, 0) is 0 Å². The Balaban J connectivity index is 2.16. The fraction of sp³-hybridized carbons (Fsp3) is 1.00. The molecule has 0 aliphatic heterocycles. The zero-order chi connectivity index (χ0) is 7.35. The molecule has 2 rings (SSSR count). The summed E-state index contributed by atoms with van der Waals surface area (Å²) in [5.74, 6) is -2.67. The van der Waals surface area contributed by atoms with Crippen molar-refractivity contribution in [3.63, 3.8) is 0 Å². The molecule has 3 unspecified atom stereocenters. The van der Waals surface area contributed by atoms with Crippen molar-refractivity contribution in [1.82, 2.24) is 0 Å². The summed E-state index contributed by atoms with van der Waals surface area (Å²) in [5.41, 5.74) is 5.61. The van der Waals surface area contributed by atoms with Crippen molar-refractivity contribution < 1.29 is 8.78 Å². The summed E-state index contributed by atoms with van der Waals surface area (Å²) in [6.07, 6.45) is 1.24. The van der Waals surface area contributed by atoms with Gasteiger partial charge in [0.25, 0.3) is 5.92 Å². The summed E-state index contributed by atoms with van der Waals surface area (Å²) in [5, 5.41) is 0. The highest BCUT2D eigenvalue weighted by Gasteiger charge is 2.55. The first-order chi connectivity index (χ1) is 4.59. The molecule has 2 saturated carbocycles. The van der Waals surface area contributed by atoms with E-state index in [1.807, 2.05) is 0 Å². The average molecular weight is 147 g/mol. The van der Waals surface area contributed by atoms with Crippen molar-refractivity contribution in [1.29, 1.82) is 0 Å². The first-order valence-electron chi connectivity index (χ1n) is 3.73. The number of rotatable bonds is 0. The second kappa shape index (κ2) is 1.70. The Bertz CT molecular complexity index is 156. The Morgan fingerprint density at radius 2 is 2.00 bits per heavy atom. The van der Waals surface area contributed by atoms with Crippen molar-refractivity contribution in [2.75, 3.05) is 0 Å². The molecule has 2 fully saturated rings. The maximum absolute atomic E-state index is 12.8. The third kappa shape index (κ3) is 0.698. The van der Waals surface area contributed by atoms with Crippen LogP contribution < -0.4 is 5.73 Å². The quantitative estimate of drug-likeness (QED) is 0.550. The molecule has 0 aromatic heterocycles. The molecule has 2 N–H and O–H groups in total. The van der Waals surface area contributed by atoms with E-state index < -0.39 is 11.8 Å². The molecule has 2 aliphatic carbocycles. The van der Waals surface area contributed by atoms with Crippen molar-refractivity contribution in [3.05, 3.63) is 0 Å². The largest absolute Gasteiger partial charge is 0.327 e. The summed E-state index contributed by atoms with van der Waals surface area (Å²) in [7, 11) is 0. The van der Waals surface area contributed by atoms with Crippen LogP contribution in [0.2, 0.25) is 0 Å². The number of hydrogen-bond acceptors (Lipinski definition) is 1. The van der Waals surface area contributed by atoms with Crippen LogP contribution >= 0.6 is 0 Å². The monoisotopic (exact) mass is 147 g/mol. The molecule has 0 aromatic rings. The van der Waals surface area contributed by atoms with Gasteiger partial charge >= 0.3 is 0 Å². The molecule has 0 spiro atoms. The van der Waals surface area contributed by atoms with E-state index in [2.05, 4.69) is 0 Å². The molecule has 3 atom stereocenters. The van der Waals surface area contributed by atoms with Gasteiger partial charge in [-0.3, -0.25) is 0 Å². The molecular formula is C7H11F2N. The SMILES string of the molecule is NC1CC2CC1CC2(F)F. The summed E-state index contributed by atoms with van der Waals surface area (Å²) >= 11 is 0. The molecule has 58 valence electrons. The van der Waals surface area contributed by atoms with Gasteiger partial charge < -0.3 is 5.73 Å². The minimum atomic E-state index is -2.39. The van der Waals surface area contributed by atoms with E-state index >= 15 is 0 Å². The van der Waals surface area contributed by atoms with Gasteiger partial charge in [0.15, 0.2) is 0 Å². The van der Waals surface area contributed by atoms with Gasteiger partial charge in [0.05, 0.1) is 0 Å². The number of nitrogens with two attached hydrogens (primary N) is 1. The van der Waals surface area contributed by atoms with E-state index in [-0.39, 0.29) is 18.4 Å². The molecule has 2 aliphatic rings. The predicted molar refractivity (Wildman–Crippen MR) is 33.8 cm³/mol. The minimum Gasteiger partial charge on any atom is -0.327 e. The second-order valence-electron chi connectivity index (χ2n) is 3.56. The van der Waals surface area contributed by atoms with Crippen molar-refractivity contribution in [2.24, 2.45) is 17.6 Å². The van der Waals surface area contributed by atoms with Crippen LogP contribution in [0.3, 0.4) is 0 Å². The van der Waals surface area contributed by atoms with Crippen LogP contribution in [0.5, 0.6) is 0 Å². The zero-order valence-electron chi connectivity index (χ0n) is 5.69. The lowest BCUT2D eigenvalue weighted by Crippen LogP contribution is -2.35. The highest BCUT2D eigenvalue weighted by atomic mass is 19.3. The molecule has 1 nitrogen and oxygen atoms in total. The van der Waals surface area contributed by atoms with E-state index in [9.17, 15) is 8.78 Å². The number of alkyl halides is 2. The van der Waals surface area contributed by atoms with Gasteiger partial charge in [-0.05, 0) is 18.8 Å². The standard InChI is InChI=1S/C7H11F2N/c8-7(9)3-4-1-5(7)2-6(4)10/h4-6H,1-3,10H2. The Hall–Kier alpha value is -0.180. The van der Waals surface area contributed by atoms with E-state index in [1.54, 1.807) is 0 Å². The summed E-state index contributed by atoms with van der Waals surface area (Å²) in [6, 6.07) is 0.0598. The lowest BCUT2D eigenvalue weighted by molar-refractivity contribution is -0.0542. The number of fused-ring (bicyclic) bond motifs is 2. The van der Waals surface area contributed by atoms with Crippen LogP contribution in [-0.4, -0.2) is 12.0 Å². The van der Waals surface area contributed by atoms with Crippen molar-refractivity contribution in [2.45, 2.75) is 31.2 Å². The van der Waals surface area contributed by atoms with E-state index in [0.29, 0.717) is 12.8 Å². The maximum atomic E-state index is 12.8. The molecule has 0 radical (unpaired) electrons. The Morgan fingerprint density at radius 3 is 2.30 bits per heavy atom. The minimum absolute atomic E-state index is 0.0405. The number of halogens is 2. The van der Waals surface area contributed by atoms with Gasteiger partial charge in [-0.1, -0.05) is 0 Å². The lowest BCUT2D eigenvalue weighted by atomic mass is 9.93. The Morgan fingerprint density at radius 1 is 1.30 bits per heavy atom. The van der Waals surface area contributed by atoms with Crippen LogP contribution in [0.15, 0.2) is 0 Å². The molecule has 10 heavy (non-hydrogen) atoms. The molecule has 3 heteroatoms. The third-order valence-corrected chi connectivity index (χ3v) is 2.88. The molecule has 0 saturated heterocycles. The van der Waals surface area contributed by atoms with Gasteiger partial charge in [-0.25, -0.2) is 8.78 Å². The van der Waals surface area contributed by atoms with Crippen LogP contribution in [0.4, 0.5) is 8.78 Å². The Labute approximate surface area is 58.6 Å². The average Bonchev–Trinajstić information content (AvgIpc) is 2.21. The molecule has 0 amide bonds. The highest BCUT2D eigenvalue weighted by Crippen LogP contribution is 2.52. The maximum Gasteiger partial charge on any atom is 0.251 e. The first kappa shape index (κ1) is 6.53. The first-order valence-corrected chi connectivity index (χ1v) is 3.73. The Kier molecular flexibility index (Phi) is 1.11. The fourth-order valence-electron chi connectivity index (χ4n) is 2.25. The molecular weight excluding hydrogens is 136 g/mol. The molecule has 2 bridgehead atoms. The topological polar surface area (TPSA) is 26.0 Å². The smallest absolute Gasteiger partial charge is 0.251 e. The van der Waals surface area contributed by atoms with Crippen LogP contribution in [0, 0.1) is 11.8 Å². The van der Waals surface area contributed by atoms with Crippen LogP contribution in [0.25, 0.3) is 0 Å². The molecule has 0 aromatic carbocycles. The van der Waals surface area contributed by atoms with Gasteiger partial charge in [0, 0.05) is 18.4 Å². The zero-order valence-corrected chi connectivity index (χ0v) is 5.69. The highest BCUT2D eigenvalue weighted by molar-refractivity contribution is 5.01. The van der Waals surface area contributed by atoms with Gasteiger partial charge in [0.1, 0.15) is 0 Å². The van der Waals surface area contributed by atoms with Gasteiger partial charge in [-0.15, -0.1) is 0 Å². The summed E-state index contributed by atoms with van der Waals surface area (Å²) < 4.78 is 25.5. The fourth-order valence-corrected chi connectivity index (χ4v) is 2.25. The van der Waals surface area contributed by atoms with Gasteiger partial charge in [-0.2, -0.15) is 0 Å². The second-order valence-corrected chi connectivity index (χ2v) is 3.56. The third-order valence-electron chi connectivity index (χ3n) is 2.88.